The molecule has 0 atom stereocenters. The first-order valence-electron chi connectivity index (χ1n) is 8.89. The van der Waals surface area contributed by atoms with E-state index in [1.165, 1.54) is 5.56 Å². The SMILES string of the molecule is CC(C)c1nnc2n1CCN(C(=O)CCCc1ccccc1)CC2. The quantitative estimate of drug-likeness (QED) is 0.849. The Kier molecular flexibility index (Phi) is 5.28. The summed E-state index contributed by atoms with van der Waals surface area (Å²) in [6.45, 7) is 6.58. The summed E-state index contributed by atoms with van der Waals surface area (Å²) in [6, 6.07) is 10.4. The van der Waals surface area contributed by atoms with Crippen molar-refractivity contribution in [1.82, 2.24) is 19.7 Å². The highest BCUT2D eigenvalue weighted by molar-refractivity contribution is 5.76. The second-order valence-electron chi connectivity index (χ2n) is 6.75. The van der Waals surface area contributed by atoms with Crippen molar-refractivity contribution in [2.45, 2.75) is 52.0 Å². The fourth-order valence-electron chi connectivity index (χ4n) is 3.27. The average Bonchev–Trinajstić information content (AvgIpc) is 2.88. The van der Waals surface area contributed by atoms with Gasteiger partial charge in [-0.05, 0) is 18.4 Å². The van der Waals surface area contributed by atoms with Crippen LogP contribution in [0.15, 0.2) is 30.3 Å². The van der Waals surface area contributed by atoms with E-state index in [2.05, 4.69) is 40.7 Å². The van der Waals surface area contributed by atoms with E-state index in [9.17, 15) is 4.79 Å². The van der Waals surface area contributed by atoms with Gasteiger partial charge in [0.05, 0.1) is 0 Å². The number of hydrogen-bond acceptors (Lipinski definition) is 3. The molecule has 1 aliphatic heterocycles. The molecule has 0 bridgehead atoms. The van der Waals surface area contributed by atoms with Crippen molar-refractivity contribution in [1.29, 1.82) is 0 Å². The maximum atomic E-state index is 12.5. The topological polar surface area (TPSA) is 51.0 Å². The van der Waals surface area contributed by atoms with Gasteiger partial charge in [-0.3, -0.25) is 4.79 Å². The lowest BCUT2D eigenvalue weighted by atomic mass is 10.1. The lowest BCUT2D eigenvalue weighted by molar-refractivity contribution is -0.131. The third-order valence-corrected chi connectivity index (χ3v) is 4.62. The Labute approximate surface area is 143 Å². The molecule has 1 aromatic heterocycles. The zero-order valence-electron chi connectivity index (χ0n) is 14.6. The lowest BCUT2D eigenvalue weighted by Crippen LogP contribution is -2.33. The van der Waals surface area contributed by atoms with Crippen LogP contribution in [0.25, 0.3) is 0 Å². The molecule has 5 nitrogen and oxygen atoms in total. The lowest BCUT2D eigenvalue weighted by Gasteiger charge is -2.20. The van der Waals surface area contributed by atoms with Gasteiger partial charge in [0, 0.05) is 38.4 Å². The van der Waals surface area contributed by atoms with Crippen LogP contribution in [0.4, 0.5) is 0 Å². The van der Waals surface area contributed by atoms with Crippen LogP contribution in [0.2, 0.25) is 0 Å². The molecule has 1 aromatic carbocycles. The maximum Gasteiger partial charge on any atom is 0.222 e. The summed E-state index contributed by atoms with van der Waals surface area (Å²) in [4.78, 5) is 14.5. The normalized spacial score (nSPS) is 14.5. The highest BCUT2D eigenvalue weighted by atomic mass is 16.2. The molecule has 2 aromatic rings. The Morgan fingerprint density at radius 1 is 1.12 bits per heavy atom. The van der Waals surface area contributed by atoms with Crippen molar-refractivity contribution in [3.8, 4) is 0 Å². The van der Waals surface area contributed by atoms with E-state index in [0.29, 0.717) is 12.3 Å². The number of benzene rings is 1. The first-order valence-corrected chi connectivity index (χ1v) is 8.89. The number of amides is 1. The molecular formula is C19H26N4O. The summed E-state index contributed by atoms with van der Waals surface area (Å²) in [5.41, 5.74) is 1.30. The average molecular weight is 326 g/mol. The molecule has 0 fully saturated rings. The molecule has 1 aliphatic rings. The van der Waals surface area contributed by atoms with Crippen molar-refractivity contribution in [3.05, 3.63) is 47.5 Å². The maximum absolute atomic E-state index is 12.5. The van der Waals surface area contributed by atoms with E-state index in [4.69, 9.17) is 0 Å². The fourth-order valence-corrected chi connectivity index (χ4v) is 3.27. The standard InChI is InChI=1S/C19H26N4O/c1-15(2)19-21-20-17-11-12-22(13-14-23(17)19)18(24)10-6-9-16-7-4-3-5-8-16/h3-5,7-8,15H,6,9-14H2,1-2H3. The molecule has 0 saturated heterocycles. The van der Waals surface area contributed by atoms with Crippen molar-refractivity contribution in [3.63, 3.8) is 0 Å². The van der Waals surface area contributed by atoms with E-state index in [0.717, 1.165) is 50.5 Å². The zero-order valence-corrected chi connectivity index (χ0v) is 14.6. The highest BCUT2D eigenvalue weighted by Gasteiger charge is 2.22. The van der Waals surface area contributed by atoms with E-state index < -0.39 is 0 Å². The number of carbonyl (C=O) groups is 1. The van der Waals surface area contributed by atoms with Gasteiger partial charge in [-0.2, -0.15) is 0 Å². The van der Waals surface area contributed by atoms with Crippen LogP contribution in [0.1, 0.15) is 49.8 Å². The third kappa shape index (κ3) is 3.83. The molecule has 0 N–H and O–H groups in total. The molecule has 0 aliphatic carbocycles. The minimum atomic E-state index is 0.260. The second-order valence-corrected chi connectivity index (χ2v) is 6.75. The first-order chi connectivity index (χ1) is 11.6. The minimum absolute atomic E-state index is 0.260. The Balaban J connectivity index is 1.52. The van der Waals surface area contributed by atoms with Crippen molar-refractivity contribution >= 4 is 5.91 Å². The van der Waals surface area contributed by atoms with Crippen LogP contribution in [0, 0.1) is 0 Å². The number of aryl methyl sites for hydroxylation is 1. The number of carbonyl (C=O) groups excluding carboxylic acids is 1. The van der Waals surface area contributed by atoms with E-state index in [1.54, 1.807) is 0 Å². The largest absolute Gasteiger partial charge is 0.340 e. The Morgan fingerprint density at radius 2 is 1.92 bits per heavy atom. The summed E-state index contributed by atoms with van der Waals surface area (Å²) in [7, 11) is 0. The number of fused-ring (bicyclic) bond motifs is 1. The van der Waals surface area contributed by atoms with Crippen LogP contribution >= 0.6 is 0 Å². The van der Waals surface area contributed by atoms with Crippen molar-refractivity contribution in [2.75, 3.05) is 13.1 Å². The van der Waals surface area contributed by atoms with Crippen LogP contribution in [-0.2, 0) is 24.2 Å². The monoisotopic (exact) mass is 326 g/mol. The van der Waals surface area contributed by atoms with Crippen LogP contribution < -0.4 is 0 Å². The van der Waals surface area contributed by atoms with E-state index in [1.807, 2.05) is 23.1 Å². The molecule has 0 spiro atoms. The smallest absolute Gasteiger partial charge is 0.222 e. The predicted octanol–water partition coefficient (Wildman–Crippen LogP) is 2.81. The Morgan fingerprint density at radius 3 is 2.67 bits per heavy atom. The highest BCUT2D eigenvalue weighted by Crippen LogP contribution is 2.17. The van der Waals surface area contributed by atoms with Crippen LogP contribution in [0.5, 0.6) is 0 Å². The summed E-state index contributed by atoms with van der Waals surface area (Å²) in [5, 5.41) is 8.61. The molecule has 24 heavy (non-hydrogen) atoms. The molecule has 128 valence electrons. The molecule has 5 heteroatoms. The van der Waals surface area contributed by atoms with Gasteiger partial charge in [0.15, 0.2) is 0 Å². The first kappa shape index (κ1) is 16.7. The van der Waals surface area contributed by atoms with Crippen LogP contribution in [0.3, 0.4) is 0 Å². The summed E-state index contributed by atoms with van der Waals surface area (Å²) in [6.07, 6.45) is 3.28. The van der Waals surface area contributed by atoms with Crippen molar-refractivity contribution < 1.29 is 4.79 Å². The van der Waals surface area contributed by atoms with E-state index in [-0.39, 0.29) is 5.91 Å². The van der Waals surface area contributed by atoms with Crippen molar-refractivity contribution in [2.24, 2.45) is 0 Å². The molecular weight excluding hydrogens is 300 g/mol. The molecule has 3 rings (SSSR count). The number of nitrogens with zero attached hydrogens (tertiary/aromatic N) is 4. The molecule has 0 radical (unpaired) electrons. The van der Waals surface area contributed by atoms with Gasteiger partial charge in [-0.15, -0.1) is 10.2 Å². The van der Waals surface area contributed by atoms with E-state index >= 15 is 0 Å². The molecule has 0 unspecified atom stereocenters. The zero-order chi connectivity index (χ0) is 16.9. The predicted molar refractivity (Wildman–Crippen MR) is 93.8 cm³/mol. The summed E-state index contributed by atoms with van der Waals surface area (Å²) >= 11 is 0. The van der Waals surface area contributed by atoms with Crippen LogP contribution in [-0.4, -0.2) is 38.7 Å². The third-order valence-electron chi connectivity index (χ3n) is 4.62. The van der Waals surface area contributed by atoms with Gasteiger partial charge in [0.25, 0.3) is 0 Å². The Hall–Kier alpha value is -2.17. The van der Waals surface area contributed by atoms with Gasteiger partial charge < -0.3 is 9.47 Å². The van der Waals surface area contributed by atoms with Gasteiger partial charge >= 0.3 is 0 Å². The fraction of sp³-hybridized carbons (Fsp3) is 0.526. The minimum Gasteiger partial charge on any atom is -0.340 e. The molecule has 1 amide bonds. The number of rotatable bonds is 5. The van der Waals surface area contributed by atoms with Gasteiger partial charge in [0.1, 0.15) is 11.6 Å². The molecule has 2 heterocycles. The number of aromatic nitrogens is 3. The van der Waals surface area contributed by atoms with Gasteiger partial charge in [-0.1, -0.05) is 44.2 Å². The van der Waals surface area contributed by atoms with Gasteiger partial charge in [0.2, 0.25) is 5.91 Å². The summed E-state index contributed by atoms with van der Waals surface area (Å²) in [5.74, 6) is 2.66. The van der Waals surface area contributed by atoms with Gasteiger partial charge in [-0.25, -0.2) is 0 Å². The molecule has 0 saturated carbocycles. The number of hydrogen-bond donors (Lipinski definition) is 0. The summed E-state index contributed by atoms with van der Waals surface area (Å²) < 4.78 is 2.20. The Bertz CT molecular complexity index is 678. The second kappa shape index (κ2) is 7.60.